The first-order valence-electron chi connectivity index (χ1n) is 10.6. The number of ether oxygens (including phenoxy) is 4. The van der Waals surface area contributed by atoms with Crippen LogP contribution in [0.4, 0.5) is 0 Å². The van der Waals surface area contributed by atoms with E-state index in [-0.39, 0.29) is 13.0 Å². The van der Waals surface area contributed by atoms with Crippen LogP contribution in [0, 0.1) is 0 Å². The largest absolute Gasteiger partial charge is 0.394 e. The summed E-state index contributed by atoms with van der Waals surface area (Å²) in [7, 11) is 1.57. The van der Waals surface area contributed by atoms with Crippen LogP contribution in [-0.4, -0.2) is 136 Å². The zero-order valence-electron chi connectivity index (χ0n) is 17.8. The van der Waals surface area contributed by atoms with Crippen molar-refractivity contribution in [3.8, 4) is 0 Å². The molecule has 0 aromatic rings. The molecule has 14 unspecified atom stereocenters. The summed E-state index contributed by atoms with van der Waals surface area (Å²) in [5.74, 6) is 0. The van der Waals surface area contributed by atoms with Gasteiger partial charge < -0.3 is 72.1 Å². The molecule has 1 aliphatic carbocycles. The van der Waals surface area contributed by atoms with Crippen LogP contribution in [0.5, 0.6) is 0 Å². The summed E-state index contributed by atoms with van der Waals surface area (Å²) >= 11 is 0. The van der Waals surface area contributed by atoms with Gasteiger partial charge in [-0.05, 0) is 13.5 Å². The predicted molar refractivity (Wildman–Crippen MR) is 107 cm³/mol. The van der Waals surface area contributed by atoms with Gasteiger partial charge in [0.15, 0.2) is 12.6 Å². The van der Waals surface area contributed by atoms with Crippen LogP contribution in [0.1, 0.15) is 6.42 Å². The minimum atomic E-state index is -1.44. The van der Waals surface area contributed by atoms with Gasteiger partial charge >= 0.3 is 0 Å². The molecule has 188 valence electrons. The van der Waals surface area contributed by atoms with Gasteiger partial charge in [0.05, 0.1) is 31.4 Å². The molecular weight excluding hydrogens is 432 g/mol. The molecule has 3 rings (SSSR count). The lowest BCUT2D eigenvalue weighted by Crippen LogP contribution is -2.68. The van der Waals surface area contributed by atoms with Crippen molar-refractivity contribution >= 4 is 0 Å². The Kier molecular flexibility index (Phi) is 8.79. The molecule has 32 heavy (non-hydrogen) atoms. The Labute approximate surface area is 185 Å². The summed E-state index contributed by atoms with van der Waals surface area (Å²) in [6.07, 6.45) is -12.0. The Balaban J connectivity index is 1.70. The summed E-state index contributed by atoms with van der Waals surface area (Å²) < 4.78 is 22.4. The summed E-state index contributed by atoms with van der Waals surface area (Å²) in [6, 6.07) is -3.37. The van der Waals surface area contributed by atoms with Gasteiger partial charge in [-0.3, -0.25) is 0 Å². The smallest absolute Gasteiger partial charge is 0.185 e. The maximum absolute atomic E-state index is 10.9. The summed E-state index contributed by atoms with van der Waals surface area (Å²) in [4.78, 5) is 0. The molecule has 14 heteroatoms. The SMILES string of the molecule is CNC1C(O)COC(OC2C(N)CC(N)C(OC3OC(CO)C(O)C(O)C3N)C2O)C1O. The predicted octanol–water partition coefficient (Wildman–Crippen LogP) is -6.39. The number of likely N-dealkylation sites (N-methyl/N-ethyl adjacent to an activating group) is 1. The molecule has 0 bridgehead atoms. The highest BCUT2D eigenvalue weighted by atomic mass is 16.7. The van der Waals surface area contributed by atoms with Crippen LogP contribution < -0.4 is 22.5 Å². The molecule has 1 saturated carbocycles. The van der Waals surface area contributed by atoms with Crippen LogP contribution in [-0.2, 0) is 18.9 Å². The summed E-state index contributed by atoms with van der Waals surface area (Å²) in [6.45, 7) is -0.686. The number of nitrogens with one attached hydrogen (secondary N) is 1. The fourth-order valence-corrected chi connectivity index (χ4v) is 4.45. The zero-order chi connectivity index (χ0) is 23.7. The second kappa shape index (κ2) is 10.8. The standard InChI is InChI=1S/C18H36N4O10/c1-22-10-7(24)4-29-18(13(10)27)32-16-6(20)2-5(19)15(14(16)28)31-17-9(21)12(26)11(25)8(3-23)30-17/h5-18,22-28H,2-4,19-21H2,1H3. The van der Waals surface area contributed by atoms with E-state index >= 15 is 0 Å². The van der Waals surface area contributed by atoms with Crippen LogP contribution in [0.3, 0.4) is 0 Å². The molecule has 2 aliphatic heterocycles. The third kappa shape index (κ3) is 5.08. The van der Waals surface area contributed by atoms with E-state index in [9.17, 15) is 30.6 Å². The van der Waals surface area contributed by atoms with Crippen molar-refractivity contribution in [2.75, 3.05) is 20.3 Å². The van der Waals surface area contributed by atoms with E-state index in [4.69, 9.17) is 36.1 Å². The van der Waals surface area contributed by atoms with E-state index in [1.165, 1.54) is 0 Å². The van der Waals surface area contributed by atoms with Crippen molar-refractivity contribution in [2.45, 2.75) is 92.0 Å². The van der Waals surface area contributed by atoms with E-state index < -0.39 is 92.2 Å². The summed E-state index contributed by atoms with van der Waals surface area (Å²) in [5, 5.41) is 63.6. The topological polar surface area (TPSA) is 248 Å². The number of aliphatic hydroxyl groups excluding tert-OH is 6. The fraction of sp³-hybridized carbons (Fsp3) is 1.00. The van der Waals surface area contributed by atoms with Crippen molar-refractivity contribution in [1.29, 1.82) is 0 Å². The second-order valence-corrected chi connectivity index (χ2v) is 8.61. The lowest BCUT2D eigenvalue weighted by molar-refractivity contribution is -0.311. The van der Waals surface area contributed by atoms with Crippen LogP contribution >= 0.6 is 0 Å². The fourth-order valence-electron chi connectivity index (χ4n) is 4.45. The minimum absolute atomic E-state index is 0.0989. The molecular formula is C18H36N4O10. The van der Waals surface area contributed by atoms with Gasteiger partial charge in [-0.2, -0.15) is 0 Å². The van der Waals surface area contributed by atoms with Crippen molar-refractivity contribution in [1.82, 2.24) is 5.32 Å². The highest BCUT2D eigenvalue weighted by molar-refractivity contribution is 5.01. The van der Waals surface area contributed by atoms with Gasteiger partial charge in [-0.25, -0.2) is 0 Å². The number of nitrogens with two attached hydrogens (primary N) is 3. The number of rotatable bonds is 6. The average Bonchev–Trinajstić information content (AvgIpc) is 2.75. The number of aliphatic hydroxyl groups is 6. The molecule has 3 aliphatic rings. The average molecular weight is 469 g/mol. The maximum atomic E-state index is 10.9. The second-order valence-electron chi connectivity index (χ2n) is 8.61. The molecule has 0 spiro atoms. The first-order valence-corrected chi connectivity index (χ1v) is 10.6. The van der Waals surface area contributed by atoms with Crippen molar-refractivity contribution in [3.63, 3.8) is 0 Å². The van der Waals surface area contributed by atoms with Crippen LogP contribution in [0.2, 0.25) is 0 Å². The van der Waals surface area contributed by atoms with Crippen molar-refractivity contribution in [3.05, 3.63) is 0 Å². The molecule has 2 heterocycles. The lowest BCUT2D eigenvalue weighted by atomic mass is 9.84. The molecule has 3 fully saturated rings. The maximum Gasteiger partial charge on any atom is 0.185 e. The van der Waals surface area contributed by atoms with Gasteiger partial charge in [-0.1, -0.05) is 0 Å². The van der Waals surface area contributed by atoms with Crippen molar-refractivity contribution < 1.29 is 49.6 Å². The van der Waals surface area contributed by atoms with E-state index in [0.717, 1.165) is 0 Å². The van der Waals surface area contributed by atoms with Gasteiger partial charge in [0.25, 0.3) is 0 Å². The van der Waals surface area contributed by atoms with Gasteiger partial charge in [0, 0.05) is 12.1 Å². The highest BCUT2D eigenvalue weighted by Gasteiger charge is 2.50. The molecule has 14 atom stereocenters. The monoisotopic (exact) mass is 468 g/mol. The van der Waals surface area contributed by atoms with E-state index in [1.807, 2.05) is 0 Å². The van der Waals surface area contributed by atoms with Crippen LogP contribution in [0.25, 0.3) is 0 Å². The third-order valence-corrected chi connectivity index (χ3v) is 6.40. The zero-order valence-corrected chi connectivity index (χ0v) is 17.8. The first-order chi connectivity index (χ1) is 15.1. The minimum Gasteiger partial charge on any atom is -0.394 e. The van der Waals surface area contributed by atoms with E-state index in [1.54, 1.807) is 7.05 Å². The number of hydrogen-bond acceptors (Lipinski definition) is 14. The molecule has 0 aromatic carbocycles. The Hall–Kier alpha value is -0.560. The Morgan fingerprint density at radius 3 is 2.03 bits per heavy atom. The molecule has 13 N–H and O–H groups in total. The number of hydrogen-bond donors (Lipinski definition) is 10. The van der Waals surface area contributed by atoms with Gasteiger partial charge in [0.2, 0.25) is 0 Å². The van der Waals surface area contributed by atoms with Gasteiger partial charge in [-0.15, -0.1) is 0 Å². The Morgan fingerprint density at radius 2 is 1.47 bits per heavy atom. The summed E-state index contributed by atoms with van der Waals surface area (Å²) in [5.41, 5.74) is 18.2. The molecule has 0 radical (unpaired) electrons. The van der Waals surface area contributed by atoms with Gasteiger partial charge in [0.1, 0.15) is 42.7 Å². The van der Waals surface area contributed by atoms with E-state index in [0.29, 0.717) is 0 Å². The highest BCUT2D eigenvalue weighted by Crippen LogP contribution is 2.30. The molecule has 14 nitrogen and oxygen atoms in total. The van der Waals surface area contributed by atoms with Crippen molar-refractivity contribution in [2.24, 2.45) is 17.2 Å². The first kappa shape index (κ1) is 26.1. The Bertz CT molecular complexity index is 606. The molecule has 0 amide bonds. The van der Waals surface area contributed by atoms with Crippen LogP contribution in [0.15, 0.2) is 0 Å². The Morgan fingerprint density at radius 1 is 0.875 bits per heavy atom. The molecule has 0 aromatic heterocycles. The quantitative estimate of drug-likeness (QED) is 0.174. The lowest BCUT2D eigenvalue weighted by Gasteiger charge is -2.47. The van der Waals surface area contributed by atoms with E-state index in [2.05, 4.69) is 5.32 Å². The third-order valence-electron chi connectivity index (χ3n) is 6.40. The normalized spacial score (nSPS) is 52.7. The molecule has 2 saturated heterocycles.